The van der Waals surface area contributed by atoms with Crippen LogP contribution >= 0.6 is 0 Å². The van der Waals surface area contributed by atoms with Gasteiger partial charge in [-0.2, -0.15) is 0 Å². The third kappa shape index (κ3) is 4.79. The van der Waals surface area contributed by atoms with Gasteiger partial charge in [0.25, 0.3) is 0 Å². The Morgan fingerprint density at radius 3 is 2.58 bits per heavy atom. The summed E-state index contributed by atoms with van der Waals surface area (Å²) in [4.78, 5) is 14.1. The maximum atomic E-state index is 11.9. The second kappa shape index (κ2) is 7.28. The minimum atomic E-state index is -0.0206. The number of hydrogen-bond acceptors (Lipinski definition) is 3. The molecule has 0 bridgehead atoms. The zero-order valence-corrected chi connectivity index (χ0v) is 12.6. The molecule has 2 aliphatic rings. The van der Waals surface area contributed by atoms with Gasteiger partial charge in [-0.15, -0.1) is 0 Å². The summed E-state index contributed by atoms with van der Waals surface area (Å²) in [5, 5.41) is 0. The van der Waals surface area contributed by atoms with E-state index in [4.69, 9.17) is 4.74 Å². The maximum absolute atomic E-state index is 11.9. The Bertz CT molecular complexity index is 286. The molecule has 0 N–H and O–H groups in total. The van der Waals surface area contributed by atoms with E-state index in [1.807, 2.05) is 0 Å². The van der Waals surface area contributed by atoms with Crippen molar-refractivity contribution in [2.75, 3.05) is 26.2 Å². The van der Waals surface area contributed by atoms with Gasteiger partial charge in [0.1, 0.15) is 0 Å². The van der Waals surface area contributed by atoms with Crippen LogP contribution in [0.3, 0.4) is 0 Å². The average molecular weight is 267 g/mol. The van der Waals surface area contributed by atoms with Crippen molar-refractivity contribution in [2.45, 2.75) is 52.4 Å². The molecule has 110 valence electrons. The molecule has 19 heavy (non-hydrogen) atoms. The largest absolute Gasteiger partial charge is 0.464 e. The Labute approximate surface area is 117 Å². The molecule has 2 fully saturated rings. The van der Waals surface area contributed by atoms with Crippen LogP contribution in [-0.4, -0.2) is 37.1 Å². The molecule has 3 heteroatoms. The Balaban J connectivity index is 1.65. The summed E-state index contributed by atoms with van der Waals surface area (Å²) in [5.41, 5.74) is 0. The van der Waals surface area contributed by atoms with Gasteiger partial charge >= 0.3 is 5.97 Å². The Kier molecular flexibility index (Phi) is 5.68. The fraction of sp³-hybridized carbons (Fsp3) is 0.938. The highest BCUT2D eigenvalue weighted by atomic mass is 16.5. The highest BCUT2D eigenvalue weighted by molar-refractivity contribution is 5.71. The molecule has 2 rings (SSSR count). The van der Waals surface area contributed by atoms with Crippen LogP contribution in [0.25, 0.3) is 0 Å². The standard InChI is InChI=1S/C16H29NO2/c1-13-6-7-15(14(2)10-13)12-19-16(18)11-17-8-4-3-5-9-17/h13-15H,3-12H2,1-2H3/t13-,14-,15-/m1/s1. The molecular formula is C16H29NO2. The predicted octanol–water partition coefficient (Wildman–Crippen LogP) is 3.09. The highest BCUT2D eigenvalue weighted by Crippen LogP contribution is 2.33. The van der Waals surface area contributed by atoms with Crippen molar-refractivity contribution in [3.63, 3.8) is 0 Å². The van der Waals surface area contributed by atoms with Crippen molar-refractivity contribution in [3.05, 3.63) is 0 Å². The summed E-state index contributed by atoms with van der Waals surface area (Å²) in [5.74, 6) is 2.11. The number of carbonyl (C=O) groups is 1. The number of piperidine rings is 1. The molecule has 3 nitrogen and oxygen atoms in total. The van der Waals surface area contributed by atoms with Gasteiger partial charge in [0.05, 0.1) is 13.2 Å². The van der Waals surface area contributed by atoms with E-state index in [0.29, 0.717) is 25.0 Å². The van der Waals surface area contributed by atoms with Crippen LogP contribution < -0.4 is 0 Å². The number of likely N-dealkylation sites (tertiary alicyclic amines) is 1. The van der Waals surface area contributed by atoms with Crippen LogP contribution in [0.2, 0.25) is 0 Å². The average Bonchev–Trinajstić information content (AvgIpc) is 2.39. The number of rotatable bonds is 4. The quantitative estimate of drug-likeness (QED) is 0.733. The lowest BCUT2D eigenvalue weighted by Gasteiger charge is -2.32. The third-order valence-electron chi connectivity index (χ3n) is 4.87. The van der Waals surface area contributed by atoms with Gasteiger partial charge in [0, 0.05) is 0 Å². The van der Waals surface area contributed by atoms with Crippen molar-refractivity contribution < 1.29 is 9.53 Å². The molecule has 0 spiro atoms. The van der Waals surface area contributed by atoms with E-state index < -0.39 is 0 Å². The molecule has 0 amide bonds. The number of carbonyl (C=O) groups excluding carboxylic acids is 1. The summed E-state index contributed by atoms with van der Waals surface area (Å²) < 4.78 is 5.51. The van der Waals surface area contributed by atoms with Crippen molar-refractivity contribution in [2.24, 2.45) is 17.8 Å². The van der Waals surface area contributed by atoms with Crippen LogP contribution in [0, 0.1) is 17.8 Å². The molecule has 0 aromatic rings. The van der Waals surface area contributed by atoms with Gasteiger partial charge in [0.2, 0.25) is 0 Å². The number of ether oxygens (including phenoxy) is 1. The summed E-state index contributed by atoms with van der Waals surface area (Å²) in [6, 6.07) is 0. The normalized spacial score (nSPS) is 33.1. The van der Waals surface area contributed by atoms with Crippen LogP contribution in [-0.2, 0) is 9.53 Å². The summed E-state index contributed by atoms with van der Waals surface area (Å²) in [6.45, 7) is 7.89. The zero-order valence-electron chi connectivity index (χ0n) is 12.6. The first-order valence-corrected chi connectivity index (χ1v) is 8.03. The number of nitrogens with zero attached hydrogens (tertiary/aromatic N) is 1. The van der Waals surface area contributed by atoms with Gasteiger partial charge in [-0.25, -0.2) is 0 Å². The van der Waals surface area contributed by atoms with Crippen molar-refractivity contribution >= 4 is 5.97 Å². The first-order valence-electron chi connectivity index (χ1n) is 8.03. The minimum Gasteiger partial charge on any atom is -0.464 e. The van der Waals surface area contributed by atoms with Crippen molar-refractivity contribution in [1.82, 2.24) is 4.90 Å². The first kappa shape index (κ1) is 14.8. The van der Waals surface area contributed by atoms with Crippen LogP contribution in [0.4, 0.5) is 0 Å². The molecule has 0 radical (unpaired) electrons. The van der Waals surface area contributed by atoms with Gasteiger partial charge in [-0.1, -0.05) is 26.7 Å². The zero-order chi connectivity index (χ0) is 13.7. The molecule has 1 saturated heterocycles. The molecule has 0 unspecified atom stereocenters. The van der Waals surface area contributed by atoms with E-state index in [0.717, 1.165) is 19.0 Å². The Hall–Kier alpha value is -0.570. The van der Waals surface area contributed by atoms with Gasteiger partial charge in [0.15, 0.2) is 0 Å². The maximum Gasteiger partial charge on any atom is 0.320 e. The molecule has 1 heterocycles. The summed E-state index contributed by atoms with van der Waals surface area (Å²) in [7, 11) is 0. The smallest absolute Gasteiger partial charge is 0.320 e. The molecule has 3 atom stereocenters. The SMILES string of the molecule is C[C@@H]1CC[C@H](COC(=O)CN2CCCCC2)[C@H](C)C1. The van der Waals surface area contributed by atoms with E-state index in [2.05, 4.69) is 18.7 Å². The monoisotopic (exact) mass is 267 g/mol. The van der Waals surface area contributed by atoms with Gasteiger partial charge < -0.3 is 4.74 Å². The molecule has 0 aromatic heterocycles. The fourth-order valence-corrected chi connectivity index (χ4v) is 3.52. The van der Waals surface area contributed by atoms with Crippen molar-refractivity contribution in [3.8, 4) is 0 Å². The van der Waals surface area contributed by atoms with Crippen molar-refractivity contribution in [1.29, 1.82) is 0 Å². The lowest BCUT2D eigenvalue weighted by atomic mass is 9.76. The summed E-state index contributed by atoms with van der Waals surface area (Å²) >= 11 is 0. The first-order chi connectivity index (χ1) is 9.15. The van der Waals surface area contributed by atoms with E-state index >= 15 is 0 Å². The lowest BCUT2D eigenvalue weighted by molar-refractivity contribution is -0.147. The molecular weight excluding hydrogens is 238 g/mol. The molecule has 1 aliphatic heterocycles. The Morgan fingerprint density at radius 2 is 1.89 bits per heavy atom. The van der Waals surface area contributed by atoms with Crippen LogP contribution in [0.5, 0.6) is 0 Å². The van der Waals surface area contributed by atoms with Gasteiger partial charge in [-0.05, 0) is 56.5 Å². The lowest BCUT2D eigenvalue weighted by Crippen LogP contribution is -2.36. The molecule has 1 saturated carbocycles. The van der Waals surface area contributed by atoms with E-state index in [-0.39, 0.29) is 5.97 Å². The van der Waals surface area contributed by atoms with E-state index in [1.165, 1.54) is 38.5 Å². The fourth-order valence-electron chi connectivity index (χ4n) is 3.52. The topological polar surface area (TPSA) is 29.5 Å². The second-order valence-electron chi connectivity index (χ2n) is 6.68. The minimum absolute atomic E-state index is 0.0206. The summed E-state index contributed by atoms with van der Waals surface area (Å²) in [6.07, 6.45) is 7.56. The second-order valence-corrected chi connectivity index (χ2v) is 6.68. The molecule has 0 aromatic carbocycles. The third-order valence-corrected chi connectivity index (χ3v) is 4.87. The van der Waals surface area contributed by atoms with Crippen LogP contribution in [0.1, 0.15) is 52.4 Å². The Morgan fingerprint density at radius 1 is 1.16 bits per heavy atom. The highest BCUT2D eigenvalue weighted by Gasteiger charge is 2.26. The number of esters is 1. The van der Waals surface area contributed by atoms with Gasteiger partial charge in [-0.3, -0.25) is 9.69 Å². The predicted molar refractivity (Wildman–Crippen MR) is 76.9 cm³/mol. The van der Waals surface area contributed by atoms with E-state index in [9.17, 15) is 4.79 Å². The number of hydrogen-bond donors (Lipinski definition) is 0. The van der Waals surface area contributed by atoms with E-state index in [1.54, 1.807) is 0 Å². The molecule has 1 aliphatic carbocycles. The van der Waals surface area contributed by atoms with Crippen LogP contribution in [0.15, 0.2) is 0 Å².